The molecule has 0 N–H and O–H groups in total. The molecule has 0 aliphatic rings. The summed E-state index contributed by atoms with van der Waals surface area (Å²) in [6, 6.07) is 12.5. The highest BCUT2D eigenvalue weighted by Crippen LogP contribution is 2.45. The van der Waals surface area contributed by atoms with Crippen LogP contribution in [0.4, 0.5) is 0 Å². The Labute approximate surface area is 153 Å². The molecule has 0 aromatic heterocycles. The highest BCUT2D eigenvalue weighted by Gasteiger charge is 2.32. The van der Waals surface area contributed by atoms with Gasteiger partial charge in [0.05, 0.1) is 0 Å². The van der Waals surface area contributed by atoms with Crippen molar-refractivity contribution in [3.63, 3.8) is 0 Å². The molecule has 0 heterocycles. The minimum Gasteiger partial charge on any atom is -0.0619 e. The Bertz CT molecular complexity index is 613. The van der Waals surface area contributed by atoms with Crippen LogP contribution in [0.25, 0.3) is 0 Å². The van der Waals surface area contributed by atoms with Crippen LogP contribution < -0.4 is 0 Å². The quantitative estimate of drug-likeness (QED) is 0.396. The molecule has 0 amide bonds. The summed E-state index contributed by atoms with van der Waals surface area (Å²) in [6.45, 7) is 6.40. The van der Waals surface area contributed by atoms with E-state index in [4.69, 9.17) is 0 Å². The van der Waals surface area contributed by atoms with E-state index in [0.717, 1.165) is 24.3 Å². The van der Waals surface area contributed by atoms with Gasteiger partial charge in [0, 0.05) is 23.3 Å². The molecule has 4 heteroatoms. The van der Waals surface area contributed by atoms with E-state index >= 15 is 0 Å². The summed E-state index contributed by atoms with van der Waals surface area (Å²) in [5.74, 6) is 0. The molecule has 1 atom stereocenters. The number of halogens is 4. The van der Waals surface area contributed by atoms with E-state index in [9.17, 15) is 0 Å². The second-order valence-corrected chi connectivity index (χ2v) is 8.29. The van der Waals surface area contributed by atoms with E-state index in [-0.39, 0.29) is 5.41 Å². The first-order valence-corrected chi connectivity index (χ1v) is 9.26. The smallest absolute Gasteiger partial charge is 0.0238 e. The molecule has 105 valence electrons. The molecule has 0 aliphatic carbocycles. The van der Waals surface area contributed by atoms with Crippen molar-refractivity contribution in [2.24, 2.45) is 0 Å². The summed E-state index contributed by atoms with van der Waals surface area (Å²) in [7, 11) is 0. The van der Waals surface area contributed by atoms with Crippen molar-refractivity contribution in [3.05, 3.63) is 72.3 Å². The van der Waals surface area contributed by atoms with Gasteiger partial charge < -0.3 is 0 Å². The molecule has 0 saturated carbocycles. The summed E-state index contributed by atoms with van der Waals surface area (Å²) in [6.07, 6.45) is 0.758. The van der Waals surface area contributed by atoms with Crippen LogP contribution in [0.15, 0.2) is 54.3 Å². The number of hydrogen-bond donors (Lipinski definition) is 0. The zero-order chi connectivity index (χ0) is 14.9. The van der Waals surface area contributed by atoms with Crippen LogP contribution in [0.2, 0.25) is 0 Å². The van der Waals surface area contributed by atoms with Crippen LogP contribution in [-0.2, 0) is 5.41 Å². The van der Waals surface area contributed by atoms with E-state index < -0.39 is 0 Å². The topological polar surface area (TPSA) is 0 Å². The Morgan fingerprint density at radius 3 is 2.00 bits per heavy atom. The summed E-state index contributed by atoms with van der Waals surface area (Å²) < 4.78 is 4.28. The SMILES string of the molecule is [CH2]CC(C)(c1ccccc1Br)c1c(Br)cc(Br)cc1Br. The Hall–Kier alpha value is 0.360. The van der Waals surface area contributed by atoms with Gasteiger partial charge >= 0.3 is 0 Å². The largest absolute Gasteiger partial charge is 0.0619 e. The summed E-state index contributed by atoms with van der Waals surface area (Å²) >= 11 is 14.6. The van der Waals surface area contributed by atoms with E-state index in [1.165, 1.54) is 11.1 Å². The lowest BCUT2D eigenvalue weighted by Gasteiger charge is -2.32. The minimum absolute atomic E-state index is 0.182. The predicted octanol–water partition coefficient (Wildman–Crippen LogP) is 7.27. The molecule has 1 radical (unpaired) electrons. The first-order chi connectivity index (χ1) is 9.40. The van der Waals surface area contributed by atoms with E-state index in [1.807, 2.05) is 6.07 Å². The highest BCUT2D eigenvalue weighted by molar-refractivity contribution is 9.11. The molecule has 0 spiro atoms. The Morgan fingerprint density at radius 2 is 1.50 bits per heavy atom. The fourth-order valence-electron chi connectivity index (χ4n) is 2.37. The maximum Gasteiger partial charge on any atom is 0.0238 e. The van der Waals surface area contributed by atoms with Gasteiger partial charge in [0.1, 0.15) is 0 Å². The van der Waals surface area contributed by atoms with E-state index in [1.54, 1.807) is 0 Å². The number of benzene rings is 2. The molecule has 2 rings (SSSR count). The predicted molar refractivity (Wildman–Crippen MR) is 100 cm³/mol. The lowest BCUT2D eigenvalue weighted by atomic mass is 9.74. The Kier molecular flexibility index (Phi) is 5.55. The van der Waals surface area contributed by atoms with Gasteiger partial charge in [0.2, 0.25) is 0 Å². The lowest BCUT2D eigenvalue weighted by molar-refractivity contribution is 0.569. The third-order valence-corrected chi connectivity index (χ3v) is 5.93. The lowest BCUT2D eigenvalue weighted by Crippen LogP contribution is -2.24. The highest BCUT2D eigenvalue weighted by atomic mass is 79.9. The molecule has 2 aromatic carbocycles. The Morgan fingerprint density at radius 1 is 0.950 bits per heavy atom. The van der Waals surface area contributed by atoms with Gasteiger partial charge in [-0.3, -0.25) is 0 Å². The molecule has 20 heavy (non-hydrogen) atoms. The standard InChI is InChI=1S/C16H13Br4/c1-3-16(2,11-6-4-5-7-12(11)18)15-13(19)8-10(17)9-14(15)20/h4-9H,1,3H2,2H3. The van der Waals surface area contributed by atoms with Gasteiger partial charge in [-0.25, -0.2) is 0 Å². The van der Waals surface area contributed by atoms with Gasteiger partial charge in [-0.1, -0.05) is 95.8 Å². The van der Waals surface area contributed by atoms with Gasteiger partial charge in [-0.2, -0.15) is 0 Å². The van der Waals surface area contributed by atoms with Gasteiger partial charge in [0.25, 0.3) is 0 Å². The zero-order valence-corrected chi connectivity index (χ0v) is 17.2. The third kappa shape index (κ3) is 3.08. The molecule has 0 nitrogen and oxygen atoms in total. The van der Waals surface area contributed by atoms with E-state index in [2.05, 4.69) is 108 Å². The number of hydrogen-bond acceptors (Lipinski definition) is 0. The fraction of sp³-hybridized carbons (Fsp3) is 0.188. The first-order valence-electron chi connectivity index (χ1n) is 6.09. The van der Waals surface area contributed by atoms with Crippen molar-refractivity contribution in [2.45, 2.75) is 18.8 Å². The second-order valence-electron chi connectivity index (χ2n) is 4.81. The zero-order valence-electron chi connectivity index (χ0n) is 10.9. The number of rotatable bonds is 3. The van der Waals surface area contributed by atoms with Crippen LogP contribution in [0.3, 0.4) is 0 Å². The second kappa shape index (κ2) is 6.64. The van der Waals surface area contributed by atoms with E-state index in [0.29, 0.717) is 0 Å². The molecule has 0 aliphatic heterocycles. The van der Waals surface area contributed by atoms with Crippen LogP contribution in [0.1, 0.15) is 24.5 Å². The van der Waals surface area contributed by atoms with Gasteiger partial charge in [0.15, 0.2) is 0 Å². The minimum atomic E-state index is -0.182. The summed E-state index contributed by atoms with van der Waals surface area (Å²) in [5, 5.41) is 0. The normalized spacial score (nSPS) is 14.1. The fourth-order valence-corrected chi connectivity index (χ4v) is 6.23. The average Bonchev–Trinajstić information content (AvgIpc) is 2.37. The van der Waals surface area contributed by atoms with Crippen LogP contribution in [-0.4, -0.2) is 0 Å². The maximum absolute atomic E-state index is 4.18. The first kappa shape index (κ1) is 16.7. The van der Waals surface area contributed by atoms with Crippen molar-refractivity contribution < 1.29 is 0 Å². The van der Waals surface area contributed by atoms with Crippen LogP contribution >= 0.6 is 63.7 Å². The monoisotopic (exact) mass is 521 g/mol. The summed E-state index contributed by atoms with van der Waals surface area (Å²) in [5.41, 5.74) is 2.26. The van der Waals surface area contributed by atoms with Crippen molar-refractivity contribution in [1.82, 2.24) is 0 Å². The summed E-state index contributed by atoms with van der Waals surface area (Å²) in [4.78, 5) is 0. The molecule has 0 bridgehead atoms. The van der Waals surface area contributed by atoms with Crippen molar-refractivity contribution in [1.29, 1.82) is 0 Å². The van der Waals surface area contributed by atoms with Crippen molar-refractivity contribution in [2.75, 3.05) is 0 Å². The molecule has 1 unspecified atom stereocenters. The van der Waals surface area contributed by atoms with Crippen LogP contribution in [0.5, 0.6) is 0 Å². The van der Waals surface area contributed by atoms with Crippen molar-refractivity contribution >= 4 is 63.7 Å². The molecule has 2 aromatic rings. The van der Waals surface area contributed by atoms with Gasteiger partial charge in [-0.15, -0.1) is 0 Å². The molecule has 0 fully saturated rings. The average molecular weight is 525 g/mol. The molecular formula is C16H13Br4. The van der Waals surface area contributed by atoms with Crippen LogP contribution in [0, 0.1) is 6.92 Å². The molecular weight excluding hydrogens is 512 g/mol. The molecule has 0 saturated heterocycles. The Balaban J connectivity index is 2.72. The van der Waals surface area contributed by atoms with Gasteiger partial charge in [-0.05, 0) is 35.7 Å². The third-order valence-electron chi connectivity index (χ3n) is 3.53. The van der Waals surface area contributed by atoms with Crippen molar-refractivity contribution in [3.8, 4) is 0 Å². The maximum atomic E-state index is 4.18.